The Morgan fingerprint density at radius 3 is 2.90 bits per heavy atom. The number of aromatic carboxylic acids is 1. The first-order chi connectivity index (χ1) is 10.1. The average molecular weight is 293 g/mol. The van der Waals surface area contributed by atoms with Crippen LogP contribution in [0.5, 0.6) is 5.75 Å². The maximum absolute atomic E-state index is 11.8. The SMILES string of the molecule is COc1cc(C(=O)O)ccc1CCNC(=O)[C@H]1CCOC1. The van der Waals surface area contributed by atoms with Gasteiger partial charge in [-0.2, -0.15) is 0 Å². The van der Waals surface area contributed by atoms with Crippen LogP contribution in [0.4, 0.5) is 0 Å². The molecule has 1 fully saturated rings. The number of methoxy groups -OCH3 is 1. The monoisotopic (exact) mass is 293 g/mol. The highest BCUT2D eigenvalue weighted by Crippen LogP contribution is 2.20. The van der Waals surface area contributed by atoms with E-state index in [0.29, 0.717) is 31.9 Å². The minimum atomic E-state index is -0.991. The van der Waals surface area contributed by atoms with E-state index < -0.39 is 5.97 Å². The van der Waals surface area contributed by atoms with Gasteiger partial charge < -0.3 is 19.9 Å². The number of nitrogens with one attached hydrogen (secondary N) is 1. The van der Waals surface area contributed by atoms with Crippen molar-refractivity contribution < 1.29 is 24.2 Å². The zero-order valence-electron chi connectivity index (χ0n) is 11.9. The Hall–Kier alpha value is -2.08. The molecule has 1 saturated heterocycles. The minimum Gasteiger partial charge on any atom is -0.496 e. The fourth-order valence-electron chi connectivity index (χ4n) is 2.29. The first-order valence-corrected chi connectivity index (χ1v) is 6.87. The summed E-state index contributed by atoms with van der Waals surface area (Å²) in [5, 5.41) is 11.8. The van der Waals surface area contributed by atoms with Crippen molar-refractivity contribution in [3.05, 3.63) is 29.3 Å². The summed E-state index contributed by atoms with van der Waals surface area (Å²) in [4.78, 5) is 22.7. The molecule has 0 aromatic heterocycles. The summed E-state index contributed by atoms with van der Waals surface area (Å²) in [6.07, 6.45) is 1.35. The largest absolute Gasteiger partial charge is 0.496 e. The molecule has 1 aromatic carbocycles. The maximum Gasteiger partial charge on any atom is 0.335 e. The Labute approximate surface area is 123 Å². The van der Waals surface area contributed by atoms with Crippen molar-refractivity contribution in [2.24, 2.45) is 5.92 Å². The first-order valence-electron chi connectivity index (χ1n) is 6.87. The molecular formula is C15H19NO5. The Balaban J connectivity index is 1.90. The normalized spacial score (nSPS) is 17.5. The number of hydrogen-bond acceptors (Lipinski definition) is 4. The molecule has 1 atom stereocenters. The molecule has 0 aliphatic carbocycles. The molecular weight excluding hydrogens is 274 g/mol. The molecule has 1 aliphatic rings. The number of benzene rings is 1. The average Bonchev–Trinajstić information content (AvgIpc) is 3.01. The molecule has 1 amide bonds. The third kappa shape index (κ3) is 3.95. The van der Waals surface area contributed by atoms with E-state index in [0.717, 1.165) is 12.0 Å². The highest BCUT2D eigenvalue weighted by Gasteiger charge is 2.22. The van der Waals surface area contributed by atoms with Gasteiger partial charge in [0, 0.05) is 13.2 Å². The van der Waals surface area contributed by atoms with Gasteiger partial charge in [0.2, 0.25) is 5.91 Å². The molecule has 1 heterocycles. The summed E-state index contributed by atoms with van der Waals surface area (Å²) in [5.74, 6) is -0.516. The minimum absolute atomic E-state index is 0.00798. The van der Waals surface area contributed by atoms with Crippen LogP contribution in [-0.4, -0.2) is 43.9 Å². The molecule has 6 nitrogen and oxygen atoms in total. The summed E-state index contributed by atoms with van der Waals surface area (Å²) >= 11 is 0. The molecule has 0 spiro atoms. The molecule has 0 unspecified atom stereocenters. The zero-order valence-corrected chi connectivity index (χ0v) is 11.9. The lowest BCUT2D eigenvalue weighted by atomic mass is 10.1. The van der Waals surface area contributed by atoms with Crippen LogP contribution in [0, 0.1) is 5.92 Å². The van der Waals surface area contributed by atoms with Gasteiger partial charge in [-0.05, 0) is 30.5 Å². The summed E-state index contributed by atoms with van der Waals surface area (Å²) in [6, 6.07) is 4.74. The third-order valence-corrected chi connectivity index (χ3v) is 3.53. The lowest BCUT2D eigenvalue weighted by Gasteiger charge is -2.12. The van der Waals surface area contributed by atoms with E-state index in [2.05, 4.69) is 5.32 Å². The van der Waals surface area contributed by atoms with Crippen molar-refractivity contribution in [2.75, 3.05) is 26.9 Å². The molecule has 0 saturated carbocycles. The number of carbonyl (C=O) groups excluding carboxylic acids is 1. The van der Waals surface area contributed by atoms with Crippen molar-refractivity contribution >= 4 is 11.9 Å². The fourth-order valence-corrected chi connectivity index (χ4v) is 2.29. The number of ether oxygens (including phenoxy) is 2. The molecule has 1 aliphatic heterocycles. The van der Waals surface area contributed by atoms with Crippen LogP contribution in [0.3, 0.4) is 0 Å². The van der Waals surface area contributed by atoms with E-state index in [-0.39, 0.29) is 17.4 Å². The Kier molecular flexibility index (Phi) is 5.16. The molecule has 21 heavy (non-hydrogen) atoms. The van der Waals surface area contributed by atoms with E-state index in [9.17, 15) is 9.59 Å². The molecule has 114 valence electrons. The first kappa shape index (κ1) is 15.3. The molecule has 2 N–H and O–H groups in total. The van der Waals surface area contributed by atoms with Crippen molar-refractivity contribution in [3.63, 3.8) is 0 Å². The molecule has 0 bridgehead atoms. The van der Waals surface area contributed by atoms with Crippen molar-refractivity contribution in [1.82, 2.24) is 5.32 Å². The Morgan fingerprint density at radius 1 is 1.48 bits per heavy atom. The third-order valence-electron chi connectivity index (χ3n) is 3.53. The van der Waals surface area contributed by atoms with Crippen LogP contribution in [0.1, 0.15) is 22.3 Å². The second kappa shape index (κ2) is 7.08. The Bertz CT molecular complexity index is 523. The van der Waals surface area contributed by atoms with Crippen molar-refractivity contribution in [2.45, 2.75) is 12.8 Å². The molecule has 0 radical (unpaired) electrons. The standard InChI is InChI=1S/C15H19NO5/c1-20-13-8-11(15(18)19)3-2-10(13)4-6-16-14(17)12-5-7-21-9-12/h2-3,8,12H,4-7,9H2,1H3,(H,16,17)(H,18,19)/t12-/m0/s1. The van der Waals surface area contributed by atoms with Crippen LogP contribution >= 0.6 is 0 Å². The van der Waals surface area contributed by atoms with Gasteiger partial charge in [0.05, 0.1) is 25.2 Å². The highest BCUT2D eigenvalue weighted by atomic mass is 16.5. The smallest absolute Gasteiger partial charge is 0.335 e. The van der Waals surface area contributed by atoms with Gasteiger partial charge in [-0.15, -0.1) is 0 Å². The van der Waals surface area contributed by atoms with E-state index in [1.54, 1.807) is 6.07 Å². The van der Waals surface area contributed by atoms with E-state index in [1.165, 1.54) is 19.2 Å². The van der Waals surface area contributed by atoms with Gasteiger partial charge in [-0.1, -0.05) is 6.07 Å². The van der Waals surface area contributed by atoms with Gasteiger partial charge in [0.25, 0.3) is 0 Å². The van der Waals surface area contributed by atoms with Crippen LogP contribution in [-0.2, 0) is 16.0 Å². The van der Waals surface area contributed by atoms with Gasteiger partial charge >= 0.3 is 5.97 Å². The van der Waals surface area contributed by atoms with Gasteiger partial charge in [0.15, 0.2) is 0 Å². The van der Waals surface area contributed by atoms with Crippen molar-refractivity contribution in [3.8, 4) is 5.75 Å². The van der Waals surface area contributed by atoms with Gasteiger partial charge in [-0.25, -0.2) is 4.79 Å². The highest BCUT2D eigenvalue weighted by molar-refractivity contribution is 5.88. The van der Waals surface area contributed by atoms with E-state index in [1.807, 2.05) is 0 Å². The lowest BCUT2D eigenvalue weighted by molar-refractivity contribution is -0.124. The van der Waals surface area contributed by atoms with Crippen LogP contribution in [0.2, 0.25) is 0 Å². The number of carboxylic acids is 1. The fraction of sp³-hybridized carbons (Fsp3) is 0.467. The van der Waals surface area contributed by atoms with Crippen molar-refractivity contribution in [1.29, 1.82) is 0 Å². The van der Waals surface area contributed by atoms with Gasteiger partial charge in [-0.3, -0.25) is 4.79 Å². The van der Waals surface area contributed by atoms with Crippen LogP contribution < -0.4 is 10.1 Å². The second-order valence-corrected chi connectivity index (χ2v) is 4.93. The summed E-state index contributed by atoms with van der Waals surface area (Å²) < 4.78 is 10.4. The molecule has 6 heteroatoms. The number of carbonyl (C=O) groups is 2. The number of carboxylic acid groups (broad SMARTS) is 1. The number of rotatable bonds is 6. The molecule has 1 aromatic rings. The van der Waals surface area contributed by atoms with Crippen LogP contribution in [0.25, 0.3) is 0 Å². The van der Waals surface area contributed by atoms with Gasteiger partial charge in [0.1, 0.15) is 5.75 Å². The quantitative estimate of drug-likeness (QED) is 0.820. The molecule has 2 rings (SSSR count). The summed E-state index contributed by atoms with van der Waals surface area (Å²) in [5.41, 5.74) is 1.05. The lowest BCUT2D eigenvalue weighted by Crippen LogP contribution is -2.32. The second-order valence-electron chi connectivity index (χ2n) is 4.93. The number of amides is 1. The summed E-state index contributed by atoms with van der Waals surface area (Å²) in [6.45, 7) is 1.61. The maximum atomic E-state index is 11.8. The summed E-state index contributed by atoms with van der Waals surface area (Å²) in [7, 11) is 1.50. The Morgan fingerprint density at radius 2 is 2.29 bits per heavy atom. The topological polar surface area (TPSA) is 84.9 Å². The number of hydrogen-bond donors (Lipinski definition) is 2. The predicted octanol–water partition coefficient (Wildman–Crippen LogP) is 1.09. The predicted molar refractivity (Wildman–Crippen MR) is 75.6 cm³/mol. The van der Waals surface area contributed by atoms with E-state index >= 15 is 0 Å². The van der Waals surface area contributed by atoms with Crippen LogP contribution in [0.15, 0.2) is 18.2 Å². The zero-order chi connectivity index (χ0) is 15.2. The van der Waals surface area contributed by atoms with E-state index in [4.69, 9.17) is 14.6 Å².